The number of hydrogen-bond acceptors (Lipinski definition) is 4. The molecule has 1 atom stereocenters. The molecule has 1 fully saturated rings. The van der Waals surface area contributed by atoms with Crippen molar-refractivity contribution in [3.05, 3.63) is 21.9 Å². The minimum absolute atomic E-state index is 0.105. The molecule has 2 heterocycles. The summed E-state index contributed by atoms with van der Waals surface area (Å²) >= 11 is 9.33. The first-order valence-corrected chi connectivity index (χ1v) is 7.87. The van der Waals surface area contributed by atoms with Gasteiger partial charge in [0.05, 0.1) is 6.54 Å². The molecule has 2 rings (SSSR count). The zero-order valence-electron chi connectivity index (χ0n) is 12.2. The van der Waals surface area contributed by atoms with Crippen molar-refractivity contribution >= 4 is 33.6 Å². The van der Waals surface area contributed by atoms with Crippen molar-refractivity contribution in [2.24, 2.45) is 0 Å². The van der Waals surface area contributed by atoms with Crippen LogP contribution in [0.5, 0.6) is 5.75 Å². The van der Waals surface area contributed by atoms with E-state index in [-0.39, 0.29) is 12.2 Å². The lowest BCUT2D eigenvalue weighted by atomic mass is 10.2. The zero-order chi connectivity index (χ0) is 15.6. The van der Waals surface area contributed by atoms with Crippen molar-refractivity contribution in [2.45, 2.75) is 38.9 Å². The Morgan fingerprint density at radius 2 is 2.24 bits per heavy atom. The maximum atomic E-state index is 12.0. The molecule has 1 aromatic heterocycles. The summed E-state index contributed by atoms with van der Waals surface area (Å²) in [5.41, 5.74) is -0.493. The fraction of sp³-hybridized carbons (Fsp3) is 0.571. The first-order valence-electron chi connectivity index (χ1n) is 6.70. The van der Waals surface area contributed by atoms with Crippen molar-refractivity contribution in [3.8, 4) is 5.75 Å². The summed E-state index contributed by atoms with van der Waals surface area (Å²) in [5, 5.41) is 0.314. The van der Waals surface area contributed by atoms with Gasteiger partial charge in [0.15, 0.2) is 10.9 Å². The molecule has 0 aromatic carbocycles. The Morgan fingerprint density at radius 3 is 2.90 bits per heavy atom. The number of carbonyl (C=O) groups is 1. The Labute approximate surface area is 137 Å². The highest BCUT2D eigenvalue weighted by molar-refractivity contribution is 9.10. The van der Waals surface area contributed by atoms with Gasteiger partial charge in [-0.25, -0.2) is 9.78 Å². The van der Waals surface area contributed by atoms with E-state index in [1.165, 1.54) is 0 Å². The summed E-state index contributed by atoms with van der Waals surface area (Å²) < 4.78 is 12.0. The summed E-state index contributed by atoms with van der Waals surface area (Å²) in [7, 11) is 0. The van der Waals surface area contributed by atoms with Gasteiger partial charge in [-0.3, -0.25) is 0 Å². The SMILES string of the molecule is CC(C)(C)OC(=O)N1CC[C@@H](Oc2cc(Br)cnc2Cl)C1. The molecule has 7 heteroatoms. The smallest absolute Gasteiger partial charge is 0.410 e. The van der Waals surface area contributed by atoms with E-state index in [1.54, 1.807) is 17.2 Å². The van der Waals surface area contributed by atoms with Crippen LogP contribution in [-0.2, 0) is 4.74 Å². The monoisotopic (exact) mass is 376 g/mol. The second kappa shape index (κ2) is 6.40. The molecule has 1 aliphatic heterocycles. The lowest BCUT2D eigenvalue weighted by Crippen LogP contribution is -2.36. The molecule has 116 valence electrons. The Morgan fingerprint density at radius 1 is 1.52 bits per heavy atom. The maximum Gasteiger partial charge on any atom is 0.410 e. The van der Waals surface area contributed by atoms with Crippen LogP contribution >= 0.6 is 27.5 Å². The molecule has 0 radical (unpaired) electrons. The largest absolute Gasteiger partial charge is 0.485 e. The number of ether oxygens (including phenoxy) is 2. The highest BCUT2D eigenvalue weighted by Gasteiger charge is 2.31. The van der Waals surface area contributed by atoms with Crippen LogP contribution in [0.2, 0.25) is 5.15 Å². The number of halogens is 2. The van der Waals surface area contributed by atoms with Crippen molar-refractivity contribution in [1.82, 2.24) is 9.88 Å². The first-order chi connectivity index (χ1) is 9.74. The Hall–Kier alpha value is -1.01. The zero-order valence-corrected chi connectivity index (χ0v) is 14.6. The second-order valence-electron chi connectivity index (χ2n) is 5.90. The first kappa shape index (κ1) is 16.4. The predicted molar refractivity (Wildman–Crippen MR) is 83.8 cm³/mol. The van der Waals surface area contributed by atoms with E-state index in [0.717, 1.165) is 10.9 Å². The number of aromatic nitrogens is 1. The third kappa shape index (κ3) is 4.74. The molecule has 1 saturated heterocycles. The molecule has 1 amide bonds. The van der Waals surface area contributed by atoms with Crippen LogP contribution in [-0.4, -0.2) is 40.8 Å². The number of nitrogens with zero attached hydrogens (tertiary/aromatic N) is 2. The number of rotatable bonds is 2. The summed E-state index contributed by atoms with van der Waals surface area (Å²) in [6, 6.07) is 1.77. The summed E-state index contributed by atoms with van der Waals surface area (Å²) in [4.78, 5) is 17.6. The van der Waals surface area contributed by atoms with Crippen LogP contribution in [0.25, 0.3) is 0 Å². The van der Waals surface area contributed by atoms with Gasteiger partial charge in [-0.1, -0.05) is 11.6 Å². The molecular weight excluding hydrogens is 360 g/mol. The van der Waals surface area contributed by atoms with Crippen molar-refractivity contribution in [1.29, 1.82) is 0 Å². The third-order valence-electron chi connectivity index (χ3n) is 2.86. The minimum Gasteiger partial charge on any atom is -0.485 e. The van der Waals surface area contributed by atoms with Crippen LogP contribution in [0.4, 0.5) is 4.79 Å². The minimum atomic E-state index is -0.493. The standard InChI is InChI=1S/C14H18BrClN2O3/c1-14(2,3)21-13(19)18-5-4-10(8-18)20-11-6-9(15)7-17-12(11)16/h6-7,10H,4-5,8H2,1-3H3/t10-/m1/s1. The molecule has 0 spiro atoms. The average Bonchev–Trinajstić information content (AvgIpc) is 2.80. The molecule has 0 aliphatic carbocycles. The van der Waals surface area contributed by atoms with Gasteiger partial charge in [-0.05, 0) is 42.8 Å². The normalized spacial score (nSPS) is 18.7. The van der Waals surface area contributed by atoms with Gasteiger partial charge < -0.3 is 14.4 Å². The molecule has 0 N–H and O–H groups in total. The van der Waals surface area contributed by atoms with Gasteiger partial charge >= 0.3 is 6.09 Å². The molecule has 0 bridgehead atoms. The second-order valence-corrected chi connectivity index (χ2v) is 7.17. The maximum absolute atomic E-state index is 12.0. The van der Waals surface area contributed by atoms with E-state index in [0.29, 0.717) is 24.0 Å². The highest BCUT2D eigenvalue weighted by Crippen LogP contribution is 2.28. The summed E-state index contributed by atoms with van der Waals surface area (Å²) in [6.45, 7) is 6.64. The number of amides is 1. The van der Waals surface area contributed by atoms with Crippen LogP contribution in [0.3, 0.4) is 0 Å². The lowest BCUT2D eigenvalue weighted by Gasteiger charge is -2.24. The molecule has 1 aliphatic rings. The van der Waals surface area contributed by atoms with E-state index in [2.05, 4.69) is 20.9 Å². The van der Waals surface area contributed by atoms with Gasteiger partial charge in [0.2, 0.25) is 0 Å². The van der Waals surface area contributed by atoms with Crippen LogP contribution in [0.15, 0.2) is 16.7 Å². The van der Waals surface area contributed by atoms with Gasteiger partial charge in [-0.15, -0.1) is 0 Å². The molecule has 0 unspecified atom stereocenters. The molecular formula is C14H18BrClN2O3. The van der Waals surface area contributed by atoms with Crippen LogP contribution in [0.1, 0.15) is 27.2 Å². The Kier molecular flexibility index (Phi) is 4.99. The van der Waals surface area contributed by atoms with Crippen molar-refractivity contribution in [3.63, 3.8) is 0 Å². The van der Waals surface area contributed by atoms with E-state index >= 15 is 0 Å². The highest BCUT2D eigenvalue weighted by atomic mass is 79.9. The van der Waals surface area contributed by atoms with Gasteiger partial charge in [0, 0.05) is 23.6 Å². The summed E-state index contributed by atoms with van der Waals surface area (Å²) in [5.74, 6) is 0.516. The lowest BCUT2D eigenvalue weighted by molar-refractivity contribution is 0.0275. The number of likely N-dealkylation sites (tertiary alicyclic amines) is 1. The van der Waals surface area contributed by atoms with E-state index in [9.17, 15) is 4.79 Å². The van der Waals surface area contributed by atoms with Crippen LogP contribution < -0.4 is 4.74 Å². The van der Waals surface area contributed by atoms with E-state index in [1.807, 2.05) is 20.8 Å². The fourth-order valence-corrected chi connectivity index (χ4v) is 2.44. The molecule has 5 nitrogen and oxygen atoms in total. The number of hydrogen-bond donors (Lipinski definition) is 0. The van der Waals surface area contributed by atoms with Crippen LogP contribution in [0, 0.1) is 0 Å². The molecule has 0 saturated carbocycles. The van der Waals surface area contributed by atoms with Gasteiger partial charge in [-0.2, -0.15) is 0 Å². The quantitative estimate of drug-likeness (QED) is 0.734. The topological polar surface area (TPSA) is 51.7 Å². The fourth-order valence-electron chi connectivity index (χ4n) is 1.98. The number of carbonyl (C=O) groups excluding carboxylic acids is 1. The predicted octanol–water partition coefficient (Wildman–Crippen LogP) is 3.89. The van der Waals surface area contributed by atoms with E-state index in [4.69, 9.17) is 21.1 Å². The average molecular weight is 378 g/mol. The van der Waals surface area contributed by atoms with Gasteiger partial charge in [0.25, 0.3) is 0 Å². The van der Waals surface area contributed by atoms with Crippen molar-refractivity contribution < 1.29 is 14.3 Å². The van der Waals surface area contributed by atoms with Gasteiger partial charge in [0.1, 0.15) is 11.7 Å². The Balaban J connectivity index is 1.93. The molecule has 1 aromatic rings. The third-order valence-corrected chi connectivity index (χ3v) is 3.58. The number of pyridine rings is 1. The summed E-state index contributed by atoms with van der Waals surface area (Å²) in [6.07, 6.45) is 1.93. The Bertz CT molecular complexity index is 533. The van der Waals surface area contributed by atoms with Crippen molar-refractivity contribution in [2.75, 3.05) is 13.1 Å². The van der Waals surface area contributed by atoms with E-state index < -0.39 is 5.60 Å². The molecule has 21 heavy (non-hydrogen) atoms.